The predicted octanol–water partition coefficient (Wildman–Crippen LogP) is 5.16. The van der Waals surface area contributed by atoms with Crippen LogP contribution < -0.4 is 5.32 Å². The first-order valence-corrected chi connectivity index (χ1v) is 9.68. The van der Waals surface area contributed by atoms with Gasteiger partial charge in [0.05, 0.1) is 0 Å². The van der Waals surface area contributed by atoms with Crippen LogP contribution in [0.1, 0.15) is 66.8 Å². The molecule has 1 unspecified atom stereocenters. The lowest BCUT2D eigenvalue weighted by Gasteiger charge is -2.14. The molecule has 1 aromatic rings. The number of fused-ring (bicyclic) bond motifs is 1. The molecule has 0 radical (unpaired) electrons. The van der Waals surface area contributed by atoms with Gasteiger partial charge < -0.3 is 5.32 Å². The Kier molecular flexibility index (Phi) is 6.75. The van der Waals surface area contributed by atoms with Gasteiger partial charge in [-0.1, -0.05) is 39.0 Å². The highest BCUT2D eigenvalue weighted by Gasteiger charge is 2.18. The summed E-state index contributed by atoms with van der Waals surface area (Å²) in [7, 11) is 2.12. The van der Waals surface area contributed by atoms with Crippen LogP contribution in [0.5, 0.6) is 0 Å². The molecule has 0 amide bonds. The van der Waals surface area contributed by atoms with Crippen LogP contribution >= 0.6 is 23.1 Å². The van der Waals surface area contributed by atoms with E-state index in [0.29, 0.717) is 6.04 Å². The Bertz CT molecular complexity index is 349. The van der Waals surface area contributed by atoms with Gasteiger partial charge in [0.2, 0.25) is 0 Å². The summed E-state index contributed by atoms with van der Waals surface area (Å²) in [6.45, 7) is 2.28. The fourth-order valence-electron chi connectivity index (χ4n) is 2.72. The van der Waals surface area contributed by atoms with E-state index in [1.54, 1.807) is 15.3 Å². The Morgan fingerprint density at radius 3 is 2.84 bits per heavy atom. The monoisotopic (exact) mass is 297 g/mol. The van der Waals surface area contributed by atoms with E-state index in [2.05, 4.69) is 48.5 Å². The van der Waals surface area contributed by atoms with Gasteiger partial charge in [0.1, 0.15) is 0 Å². The first-order chi connectivity index (χ1) is 9.35. The van der Waals surface area contributed by atoms with Gasteiger partial charge in [-0.15, -0.1) is 11.3 Å². The predicted molar refractivity (Wildman–Crippen MR) is 89.4 cm³/mol. The summed E-state index contributed by atoms with van der Waals surface area (Å²) in [4.78, 5) is 3.23. The summed E-state index contributed by atoms with van der Waals surface area (Å²) < 4.78 is 0. The SMILES string of the molecule is CCCCCCCC(NC)c1cc2c(s1)CCSC2. The van der Waals surface area contributed by atoms with Crippen LogP contribution in [-0.2, 0) is 12.2 Å². The van der Waals surface area contributed by atoms with Gasteiger partial charge in [0.25, 0.3) is 0 Å². The van der Waals surface area contributed by atoms with Crippen LogP contribution in [0.15, 0.2) is 6.07 Å². The van der Waals surface area contributed by atoms with Crippen LogP contribution in [-0.4, -0.2) is 12.8 Å². The van der Waals surface area contributed by atoms with Crippen LogP contribution in [0, 0.1) is 0 Å². The maximum absolute atomic E-state index is 3.52. The summed E-state index contributed by atoms with van der Waals surface area (Å²) in [5.41, 5.74) is 1.61. The molecule has 2 rings (SSSR count). The van der Waals surface area contributed by atoms with Crippen molar-refractivity contribution in [2.75, 3.05) is 12.8 Å². The third kappa shape index (κ3) is 4.51. The normalized spacial score (nSPS) is 16.3. The number of hydrogen-bond acceptors (Lipinski definition) is 3. The van der Waals surface area contributed by atoms with E-state index < -0.39 is 0 Å². The summed E-state index contributed by atoms with van der Waals surface area (Å²) in [5.74, 6) is 2.55. The highest BCUT2D eigenvalue weighted by Crippen LogP contribution is 2.35. The number of hydrogen-bond donors (Lipinski definition) is 1. The number of nitrogens with one attached hydrogen (secondary N) is 1. The van der Waals surface area contributed by atoms with Crippen LogP contribution in [0.4, 0.5) is 0 Å². The Labute approximate surface area is 126 Å². The Morgan fingerprint density at radius 2 is 2.11 bits per heavy atom. The largest absolute Gasteiger partial charge is 0.312 e. The van der Waals surface area contributed by atoms with Crippen molar-refractivity contribution in [1.29, 1.82) is 0 Å². The second kappa shape index (κ2) is 8.33. The molecule has 19 heavy (non-hydrogen) atoms. The zero-order valence-corrected chi connectivity index (χ0v) is 14.0. The molecule has 0 fully saturated rings. The molecule has 1 N–H and O–H groups in total. The number of aryl methyl sites for hydroxylation is 1. The van der Waals surface area contributed by atoms with Crippen molar-refractivity contribution in [3.8, 4) is 0 Å². The quantitative estimate of drug-likeness (QED) is 0.665. The Hall–Kier alpha value is 0.01000. The summed E-state index contributed by atoms with van der Waals surface area (Å²) in [5, 5.41) is 3.52. The maximum Gasteiger partial charge on any atom is 0.0412 e. The molecule has 1 atom stereocenters. The molecular weight excluding hydrogens is 270 g/mol. The van der Waals surface area contributed by atoms with Crippen molar-refractivity contribution in [2.24, 2.45) is 0 Å². The first kappa shape index (κ1) is 15.4. The average Bonchev–Trinajstić information content (AvgIpc) is 2.86. The van der Waals surface area contributed by atoms with Crippen molar-refractivity contribution in [1.82, 2.24) is 5.32 Å². The molecule has 0 saturated carbocycles. The standard InChI is InChI=1S/C16H27NS2/c1-3-4-5-6-7-8-14(17-2)16-11-13-12-18-10-9-15(13)19-16/h11,14,17H,3-10,12H2,1-2H3. The van der Waals surface area contributed by atoms with E-state index >= 15 is 0 Å². The smallest absolute Gasteiger partial charge is 0.0412 e. The summed E-state index contributed by atoms with van der Waals surface area (Å²) in [6.07, 6.45) is 9.49. The summed E-state index contributed by atoms with van der Waals surface area (Å²) >= 11 is 4.14. The van der Waals surface area contributed by atoms with E-state index in [-0.39, 0.29) is 0 Å². The molecule has 0 aromatic carbocycles. The third-order valence-electron chi connectivity index (χ3n) is 3.93. The minimum atomic E-state index is 0.585. The number of thiophene rings is 1. The number of thioether (sulfide) groups is 1. The van der Waals surface area contributed by atoms with Crippen molar-refractivity contribution in [2.45, 2.75) is 63.7 Å². The molecule has 0 spiro atoms. The molecule has 3 heteroatoms. The fraction of sp³-hybridized carbons (Fsp3) is 0.750. The minimum absolute atomic E-state index is 0.585. The molecule has 108 valence electrons. The van der Waals surface area contributed by atoms with E-state index in [9.17, 15) is 0 Å². The van der Waals surface area contributed by atoms with Gasteiger partial charge in [-0.25, -0.2) is 0 Å². The zero-order valence-electron chi connectivity index (χ0n) is 12.3. The maximum atomic E-state index is 3.52. The van der Waals surface area contributed by atoms with Crippen LogP contribution in [0.2, 0.25) is 0 Å². The van der Waals surface area contributed by atoms with Crippen LogP contribution in [0.3, 0.4) is 0 Å². The van der Waals surface area contributed by atoms with E-state index in [0.717, 1.165) is 0 Å². The highest BCUT2D eigenvalue weighted by atomic mass is 32.2. The number of unbranched alkanes of at least 4 members (excludes halogenated alkanes) is 4. The fourth-order valence-corrected chi connectivity index (χ4v) is 5.24. The van der Waals surface area contributed by atoms with Crippen molar-refractivity contribution < 1.29 is 0 Å². The minimum Gasteiger partial charge on any atom is -0.312 e. The molecule has 0 bridgehead atoms. The lowest BCUT2D eigenvalue weighted by molar-refractivity contribution is 0.506. The van der Waals surface area contributed by atoms with Gasteiger partial charge in [-0.2, -0.15) is 11.8 Å². The molecular formula is C16H27NS2. The topological polar surface area (TPSA) is 12.0 Å². The number of rotatable bonds is 8. The second-order valence-corrected chi connectivity index (χ2v) is 7.72. The van der Waals surface area contributed by atoms with Crippen molar-refractivity contribution in [3.05, 3.63) is 21.4 Å². The average molecular weight is 298 g/mol. The Balaban J connectivity index is 1.84. The van der Waals surface area contributed by atoms with Gasteiger partial charge >= 0.3 is 0 Å². The lowest BCUT2D eigenvalue weighted by atomic mass is 10.0. The van der Waals surface area contributed by atoms with Gasteiger partial charge in [0, 0.05) is 21.5 Å². The first-order valence-electron chi connectivity index (χ1n) is 7.71. The molecule has 1 aliphatic rings. The molecule has 0 saturated heterocycles. The zero-order chi connectivity index (χ0) is 13.5. The van der Waals surface area contributed by atoms with E-state index in [1.807, 2.05) is 0 Å². The highest BCUT2D eigenvalue weighted by molar-refractivity contribution is 7.98. The second-order valence-electron chi connectivity index (χ2n) is 5.44. The molecule has 1 nitrogen and oxygen atoms in total. The van der Waals surface area contributed by atoms with Gasteiger partial charge in [-0.05, 0) is 37.3 Å². The van der Waals surface area contributed by atoms with Gasteiger partial charge in [0.15, 0.2) is 0 Å². The Morgan fingerprint density at radius 1 is 1.26 bits per heavy atom. The molecule has 0 aliphatic carbocycles. The van der Waals surface area contributed by atoms with Crippen molar-refractivity contribution >= 4 is 23.1 Å². The van der Waals surface area contributed by atoms with E-state index in [1.165, 1.54) is 56.5 Å². The lowest BCUT2D eigenvalue weighted by Crippen LogP contribution is -2.14. The van der Waals surface area contributed by atoms with Crippen LogP contribution in [0.25, 0.3) is 0 Å². The molecule has 2 heterocycles. The van der Waals surface area contributed by atoms with Crippen molar-refractivity contribution in [3.63, 3.8) is 0 Å². The molecule has 1 aliphatic heterocycles. The van der Waals surface area contributed by atoms with E-state index in [4.69, 9.17) is 0 Å². The summed E-state index contributed by atoms with van der Waals surface area (Å²) in [6, 6.07) is 3.06. The molecule has 1 aromatic heterocycles. The van der Waals surface area contributed by atoms with Gasteiger partial charge in [-0.3, -0.25) is 0 Å². The third-order valence-corrected chi connectivity index (χ3v) is 6.29.